The van der Waals surface area contributed by atoms with Crippen molar-refractivity contribution in [1.29, 1.82) is 0 Å². The van der Waals surface area contributed by atoms with Crippen LogP contribution in [0.1, 0.15) is 55.1 Å². The molecular formula is C29H27N5O2S2. The van der Waals surface area contributed by atoms with Crippen LogP contribution in [0.25, 0.3) is 0 Å². The number of nitro groups is 1. The molecule has 4 aromatic rings. The molecule has 2 fully saturated rings. The maximum Gasteiger partial charge on any atom is 0.269 e. The van der Waals surface area contributed by atoms with Crippen LogP contribution in [0.4, 0.5) is 11.4 Å². The van der Waals surface area contributed by atoms with Crippen LogP contribution < -0.4 is 10.2 Å². The lowest BCUT2D eigenvalue weighted by atomic mass is 9.98. The lowest BCUT2D eigenvalue weighted by Crippen LogP contribution is -2.29. The van der Waals surface area contributed by atoms with E-state index in [2.05, 4.69) is 68.6 Å². The third-order valence-electron chi connectivity index (χ3n) is 7.32. The smallest absolute Gasteiger partial charge is 0.269 e. The highest BCUT2D eigenvalue weighted by atomic mass is 32.2. The minimum Gasteiger partial charge on any atom is -0.351 e. The van der Waals surface area contributed by atoms with Crippen molar-refractivity contribution < 1.29 is 4.92 Å². The summed E-state index contributed by atoms with van der Waals surface area (Å²) >= 11 is 7.45. The molecule has 2 aromatic carbocycles. The van der Waals surface area contributed by atoms with Crippen molar-refractivity contribution in [2.75, 3.05) is 4.90 Å². The summed E-state index contributed by atoms with van der Waals surface area (Å²) in [5.74, 6) is 0. The van der Waals surface area contributed by atoms with Crippen LogP contribution in [0.3, 0.4) is 0 Å². The molecule has 0 bridgehead atoms. The first-order chi connectivity index (χ1) is 18.6. The molecule has 2 aliphatic rings. The Balaban J connectivity index is 1.29. The quantitative estimate of drug-likeness (QED) is 0.150. The van der Waals surface area contributed by atoms with Gasteiger partial charge in [0.25, 0.3) is 5.69 Å². The van der Waals surface area contributed by atoms with Crippen LogP contribution in [0.2, 0.25) is 0 Å². The lowest BCUT2D eigenvalue weighted by molar-refractivity contribution is -0.384. The number of hydrogen-bond donors (Lipinski definition) is 1. The SMILES string of the molecule is O=[N+]([O-])c1ccc(Sc2ccc(N3C(=S)N[C@@H](c4ccccn4)[C@@H]3c3ccn(C4CCCC4)c3)cc2)cc1. The zero-order valence-electron chi connectivity index (χ0n) is 20.6. The number of rotatable bonds is 7. The first-order valence-electron chi connectivity index (χ1n) is 12.8. The van der Waals surface area contributed by atoms with E-state index in [0.29, 0.717) is 11.2 Å². The fourth-order valence-corrected chi connectivity index (χ4v) is 6.62. The van der Waals surface area contributed by atoms with Gasteiger partial charge in [-0.2, -0.15) is 0 Å². The van der Waals surface area contributed by atoms with Gasteiger partial charge in [0.05, 0.1) is 22.7 Å². The first kappa shape index (κ1) is 24.6. The van der Waals surface area contributed by atoms with Gasteiger partial charge in [0.15, 0.2) is 5.11 Å². The maximum absolute atomic E-state index is 10.9. The molecular weight excluding hydrogens is 514 g/mol. The summed E-state index contributed by atoms with van der Waals surface area (Å²) in [5, 5.41) is 15.2. The number of benzene rings is 2. The molecule has 1 saturated carbocycles. The number of thiocarbonyl (C=S) groups is 1. The fourth-order valence-electron chi connectivity index (χ4n) is 5.45. The van der Waals surface area contributed by atoms with E-state index in [-0.39, 0.29) is 22.7 Å². The minimum absolute atomic E-state index is 0.0340. The predicted octanol–water partition coefficient (Wildman–Crippen LogP) is 7.23. The van der Waals surface area contributed by atoms with Crippen LogP contribution in [0.5, 0.6) is 0 Å². The van der Waals surface area contributed by atoms with E-state index in [1.807, 2.05) is 18.3 Å². The summed E-state index contributed by atoms with van der Waals surface area (Å²) in [7, 11) is 0. The average Bonchev–Trinajstić information content (AvgIpc) is 3.70. The summed E-state index contributed by atoms with van der Waals surface area (Å²) in [6.07, 6.45) is 11.4. The Labute approximate surface area is 231 Å². The van der Waals surface area contributed by atoms with E-state index in [1.165, 1.54) is 43.4 Å². The van der Waals surface area contributed by atoms with Gasteiger partial charge in [-0.25, -0.2) is 0 Å². The summed E-state index contributed by atoms with van der Waals surface area (Å²) in [6.45, 7) is 0. The highest BCUT2D eigenvalue weighted by Crippen LogP contribution is 2.43. The minimum atomic E-state index is -0.382. The Morgan fingerprint density at radius 2 is 1.68 bits per heavy atom. The van der Waals surface area contributed by atoms with Gasteiger partial charge in [0.2, 0.25) is 0 Å². The Morgan fingerprint density at radius 1 is 0.974 bits per heavy atom. The van der Waals surface area contributed by atoms with Crippen LogP contribution in [0.15, 0.2) is 101 Å². The van der Waals surface area contributed by atoms with E-state index < -0.39 is 0 Å². The molecule has 0 amide bonds. The highest BCUT2D eigenvalue weighted by Gasteiger charge is 2.41. The number of non-ortho nitro benzene ring substituents is 1. The molecule has 0 unspecified atom stereocenters. The summed E-state index contributed by atoms with van der Waals surface area (Å²) in [5.41, 5.74) is 3.27. The molecule has 1 aliphatic heterocycles. The molecule has 6 rings (SSSR count). The van der Waals surface area contributed by atoms with Gasteiger partial charge in [-0.15, -0.1) is 0 Å². The molecule has 7 nitrogen and oxygen atoms in total. The van der Waals surface area contributed by atoms with Gasteiger partial charge < -0.3 is 14.8 Å². The van der Waals surface area contributed by atoms with Crippen molar-refractivity contribution in [1.82, 2.24) is 14.9 Å². The third-order valence-corrected chi connectivity index (χ3v) is 8.65. The number of pyridine rings is 1. The maximum atomic E-state index is 10.9. The van der Waals surface area contributed by atoms with Crippen molar-refractivity contribution in [2.24, 2.45) is 0 Å². The van der Waals surface area contributed by atoms with Gasteiger partial charge in [-0.3, -0.25) is 15.1 Å². The van der Waals surface area contributed by atoms with Crippen molar-refractivity contribution in [3.63, 3.8) is 0 Å². The van der Waals surface area contributed by atoms with E-state index in [4.69, 9.17) is 12.2 Å². The monoisotopic (exact) mass is 541 g/mol. The molecule has 0 radical (unpaired) electrons. The Bertz CT molecular complexity index is 1430. The van der Waals surface area contributed by atoms with E-state index >= 15 is 0 Å². The number of nitrogens with zero attached hydrogens (tertiary/aromatic N) is 4. The normalized spacial score (nSPS) is 19.6. The van der Waals surface area contributed by atoms with E-state index in [0.717, 1.165) is 21.2 Å². The standard InChI is InChI=1S/C29H27N5O2S2/c35-34(36)23-10-14-25(15-11-23)38-24-12-8-22(9-13-24)33-28(20-16-18-32(19-20)21-5-1-2-6-21)27(31-29(33)37)26-7-3-4-17-30-26/h3-4,7-19,21,27-28H,1-2,5-6H2,(H,31,37)/t27-,28-/m0/s1. The van der Waals surface area contributed by atoms with Gasteiger partial charge in [-0.05, 0) is 85.2 Å². The summed E-state index contributed by atoms with van der Waals surface area (Å²) in [4.78, 5) is 19.4. The third kappa shape index (κ3) is 4.91. The van der Waals surface area contributed by atoms with Gasteiger partial charge in [0, 0.05) is 52.2 Å². The summed E-state index contributed by atoms with van der Waals surface area (Å²) in [6, 6.07) is 23.6. The van der Waals surface area contributed by atoms with Crippen LogP contribution >= 0.6 is 24.0 Å². The molecule has 1 aliphatic carbocycles. The second-order valence-corrected chi connectivity index (χ2v) is 11.2. The molecule has 2 aromatic heterocycles. The van der Waals surface area contributed by atoms with E-state index in [9.17, 15) is 10.1 Å². The summed E-state index contributed by atoms with van der Waals surface area (Å²) < 4.78 is 2.38. The molecule has 3 heterocycles. The number of aromatic nitrogens is 2. The second-order valence-electron chi connectivity index (χ2n) is 9.67. The zero-order chi connectivity index (χ0) is 26.1. The van der Waals surface area contributed by atoms with Gasteiger partial charge in [0.1, 0.15) is 0 Å². The molecule has 2 atom stereocenters. The van der Waals surface area contributed by atoms with Gasteiger partial charge >= 0.3 is 0 Å². The molecule has 38 heavy (non-hydrogen) atoms. The molecule has 1 N–H and O–H groups in total. The number of nitrogens with one attached hydrogen (secondary N) is 1. The average molecular weight is 542 g/mol. The van der Waals surface area contributed by atoms with Crippen LogP contribution in [-0.2, 0) is 0 Å². The van der Waals surface area contributed by atoms with Crippen molar-refractivity contribution in [2.45, 2.75) is 53.6 Å². The van der Waals surface area contributed by atoms with E-state index in [1.54, 1.807) is 23.9 Å². The Hall–Kier alpha value is -3.69. The molecule has 0 spiro atoms. The molecule has 1 saturated heterocycles. The van der Waals surface area contributed by atoms with Crippen molar-refractivity contribution in [3.8, 4) is 0 Å². The Morgan fingerprint density at radius 3 is 2.34 bits per heavy atom. The second kappa shape index (κ2) is 10.6. The lowest BCUT2D eigenvalue weighted by Gasteiger charge is -2.27. The topological polar surface area (TPSA) is 76.2 Å². The van der Waals surface area contributed by atoms with Crippen LogP contribution in [0, 0.1) is 10.1 Å². The molecule has 9 heteroatoms. The van der Waals surface area contributed by atoms with Gasteiger partial charge in [-0.1, -0.05) is 30.7 Å². The first-order valence-corrected chi connectivity index (χ1v) is 14.0. The van der Waals surface area contributed by atoms with Crippen LogP contribution in [-0.4, -0.2) is 19.6 Å². The number of anilines is 1. The number of hydrogen-bond acceptors (Lipinski definition) is 5. The van der Waals surface area contributed by atoms with Crippen molar-refractivity contribution in [3.05, 3.63) is 113 Å². The predicted molar refractivity (Wildman–Crippen MR) is 154 cm³/mol. The highest BCUT2D eigenvalue weighted by molar-refractivity contribution is 7.99. The molecule has 192 valence electrons. The zero-order valence-corrected chi connectivity index (χ0v) is 22.3. The fraction of sp³-hybridized carbons (Fsp3) is 0.241. The van der Waals surface area contributed by atoms with Crippen molar-refractivity contribution >= 4 is 40.5 Å². The Kier molecular flexibility index (Phi) is 6.86. The number of nitro benzene ring substituents is 1. The largest absolute Gasteiger partial charge is 0.351 e.